The molecular weight excluding hydrogens is 376 g/mol. The molecule has 7 heteroatoms. The van der Waals surface area contributed by atoms with E-state index in [2.05, 4.69) is 0 Å². The van der Waals surface area contributed by atoms with Gasteiger partial charge < -0.3 is 20.4 Å². The van der Waals surface area contributed by atoms with Gasteiger partial charge in [-0.05, 0) is 49.7 Å². The summed E-state index contributed by atoms with van der Waals surface area (Å²) >= 11 is 0. The molecule has 3 aliphatic rings. The minimum Gasteiger partial charge on any atom is -0.508 e. The molecule has 0 radical (unpaired) electrons. The normalized spacial score (nSPS) is 33.8. The highest BCUT2D eigenvalue weighted by Gasteiger charge is 2.61. The average molecular weight is 400 g/mol. The Bertz CT molecular complexity index is 976. The van der Waals surface area contributed by atoms with Crippen LogP contribution >= 0.6 is 0 Å². The number of carbonyl (C=O) groups is 3. The molecule has 0 saturated heterocycles. The molecule has 0 aromatic heterocycles. The van der Waals surface area contributed by atoms with Crippen molar-refractivity contribution in [3.63, 3.8) is 0 Å². The summed E-state index contributed by atoms with van der Waals surface area (Å²) in [5.41, 5.74) is -1.12. The molecular formula is C22H24O7. The van der Waals surface area contributed by atoms with Crippen molar-refractivity contribution in [2.45, 2.75) is 51.2 Å². The average Bonchev–Trinajstić information content (AvgIpc) is 2.64. The van der Waals surface area contributed by atoms with Crippen molar-refractivity contribution in [2.75, 3.05) is 0 Å². The Hall–Kier alpha value is -2.51. The fraction of sp³-hybridized carbons (Fsp3) is 0.500. The summed E-state index contributed by atoms with van der Waals surface area (Å²) in [6, 6.07) is 3.55. The van der Waals surface area contributed by atoms with Crippen molar-refractivity contribution < 1.29 is 34.8 Å². The minimum atomic E-state index is -2.38. The first-order valence-electron chi connectivity index (χ1n) is 9.90. The van der Waals surface area contributed by atoms with Gasteiger partial charge in [0.2, 0.25) is 0 Å². The molecule has 4 N–H and O–H groups in total. The van der Waals surface area contributed by atoms with Crippen LogP contribution in [0, 0.1) is 17.8 Å². The van der Waals surface area contributed by atoms with Gasteiger partial charge >= 0.3 is 0 Å². The monoisotopic (exact) mass is 400 g/mol. The van der Waals surface area contributed by atoms with E-state index < -0.39 is 52.6 Å². The number of rotatable bonds is 2. The van der Waals surface area contributed by atoms with Gasteiger partial charge in [0.1, 0.15) is 23.2 Å². The Morgan fingerprint density at radius 1 is 1.21 bits per heavy atom. The maximum Gasteiger partial charge on any atom is 0.196 e. The van der Waals surface area contributed by atoms with Gasteiger partial charge in [0.15, 0.2) is 17.2 Å². The van der Waals surface area contributed by atoms with E-state index in [-0.39, 0.29) is 29.7 Å². The summed E-state index contributed by atoms with van der Waals surface area (Å²) < 4.78 is 0. The summed E-state index contributed by atoms with van der Waals surface area (Å²) in [6.45, 7) is 2.99. The zero-order valence-electron chi connectivity index (χ0n) is 16.3. The van der Waals surface area contributed by atoms with Crippen LogP contribution in [0.3, 0.4) is 0 Å². The van der Waals surface area contributed by atoms with Crippen LogP contribution < -0.4 is 0 Å². The van der Waals surface area contributed by atoms with Gasteiger partial charge in [-0.1, -0.05) is 19.1 Å². The predicted octanol–water partition coefficient (Wildman–Crippen LogP) is 1.41. The number of phenols is 1. The number of Topliss-reactive ketones (excluding diaryl/α,β-unsaturated/α-hetero) is 3. The largest absolute Gasteiger partial charge is 0.508 e. The van der Waals surface area contributed by atoms with Crippen molar-refractivity contribution in [3.8, 4) is 5.75 Å². The van der Waals surface area contributed by atoms with Gasteiger partial charge in [-0.2, -0.15) is 0 Å². The van der Waals surface area contributed by atoms with Crippen molar-refractivity contribution in [2.24, 2.45) is 17.8 Å². The minimum absolute atomic E-state index is 0.0264. The van der Waals surface area contributed by atoms with E-state index in [1.165, 1.54) is 0 Å². The fourth-order valence-electron chi connectivity index (χ4n) is 5.37. The molecule has 1 fully saturated rings. The van der Waals surface area contributed by atoms with Crippen LogP contribution in [-0.2, 0) is 22.4 Å². The molecule has 7 nitrogen and oxygen atoms in total. The zero-order chi connectivity index (χ0) is 21.2. The number of carbonyl (C=O) groups excluding carboxylic acids is 3. The molecule has 1 aromatic rings. The molecule has 1 aromatic carbocycles. The van der Waals surface area contributed by atoms with Crippen LogP contribution in [0.15, 0.2) is 23.5 Å². The second kappa shape index (κ2) is 6.50. The Balaban J connectivity index is 1.88. The summed E-state index contributed by atoms with van der Waals surface area (Å²) in [5.74, 6) is -5.74. The number of aromatic hydroxyl groups is 1. The van der Waals surface area contributed by atoms with E-state index in [0.717, 1.165) is 6.92 Å². The molecule has 29 heavy (non-hydrogen) atoms. The molecule has 4 rings (SSSR count). The highest BCUT2D eigenvalue weighted by atomic mass is 16.3. The molecule has 0 amide bonds. The standard InChI is InChI=1S/C22H24O7/c1-3-10-4-5-11-6-12-7-13-8-14(24)15(9(2)23)20(27)22(13,29)21(28)17(12)19(26)16(11)18(10)25/h4-5,12-15,24-25,28-29H,3,6-8H2,1-2H3. The summed E-state index contributed by atoms with van der Waals surface area (Å²) in [4.78, 5) is 38.1. The molecule has 0 bridgehead atoms. The Labute approximate surface area is 167 Å². The Kier molecular flexibility index (Phi) is 4.44. The maximum absolute atomic E-state index is 13.2. The number of fused-ring (bicyclic) bond motifs is 3. The SMILES string of the molecule is CCc1ccc2c(c1O)C(=O)C1=C(O)C3(O)C(=O)C(C(C)=O)C(O)CC3CC1C2. The maximum atomic E-state index is 13.2. The van der Waals surface area contributed by atoms with Crippen LogP contribution in [0.4, 0.5) is 0 Å². The number of ketones is 3. The first-order valence-corrected chi connectivity index (χ1v) is 9.90. The number of benzene rings is 1. The van der Waals surface area contributed by atoms with Crippen molar-refractivity contribution >= 4 is 17.3 Å². The summed E-state index contributed by atoms with van der Waals surface area (Å²) in [6.07, 6.45) is -0.164. The van der Waals surface area contributed by atoms with Crippen molar-refractivity contribution in [1.29, 1.82) is 0 Å². The van der Waals surface area contributed by atoms with Crippen molar-refractivity contribution in [3.05, 3.63) is 40.2 Å². The number of allylic oxidation sites excluding steroid dienone is 1. The lowest BCUT2D eigenvalue weighted by Crippen LogP contribution is -2.62. The van der Waals surface area contributed by atoms with Crippen LogP contribution in [0.2, 0.25) is 0 Å². The fourth-order valence-corrected chi connectivity index (χ4v) is 5.37. The number of aliphatic hydroxyl groups excluding tert-OH is 2. The number of aryl methyl sites for hydroxylation is 1. The lowest BCUT2D eigenvalue weighted by molar-refractivity contribution is -0.167. The van der Waals surface area contributed by atoms with Crippen molar-refractivity contribution in [1.82, 2.24) is 0 Å². The van der Waals surface area contributed by atoms with Gasteiger partial charge in [-0.15, -0.1) is 0 Å². The second-order valence-electron chi connectivity index (χ2n) is 8.41. The predicted molar refractivity (Wildman–Crippen MR) is 102 cm³/mol. The molecule has 1 saturated carbocycles. The van der Waals surface area contributed by atoms with Gasteiger partial charge in [-0.3, -0.25) is 14.4 Å². The third-order valence-electron chi connectivity index (χ3n) is 6.86. The number of phenolic OH excluding ortho intramolecular Hbond substituents is 1. The van der Waals surface area contributed by atoms with E-state index in [1.54, 1.807) is 12.1 Å². The van der Waals surface area contributed by atoms with E-state index in [4.69, 9.17) is 0 Å². The van der Waals surface area contributed by atoms with Gasteiger partial charge in [0.05, 0.1) is 11.7 Å². The first kappa shape index (κ1) is 19.8. The number of aliphatic hydroxyl groups is 3. The Morgan fingerprint density at radius 2 is 1.90 bits per heavy atom. The Morgan fingerprint density at radius 3 is 2.52 bits per heavy atom. The summed E-state index contributed by atoms with van der Waals surface area (Å²) in [5, 5.41) is 43.0. The summed E-state index contributed by atoms with van der Waals surface area (Å²) in [7, 11) is 0. The van der Waals surface area contributed by atoms with E-state index >= 15 is 0 Å². The van der Waals surface area contributed by atoms with Crippen LogP contribution in [-0.4, -0.2) is 49.5 Å². The lowest BCUT2D eigenvalue weighted by Gasteiger charge is -2.48. The van der Waals surface area contributed by atoms with Gasteiger partial charge in [0, 0.05) is 11.5 Å². The molecule has 0 spiro atoms. The molecule has 0 heterocycles. The van der Waals surface area contributed by atoms with Gasteiger partial charge in [-0.25, -0.2) is 0 Å². The van der Waals surface area contributed by atoms with E-state index in [0.29, 0.717) is 24.0 Å². The van der Waals surface area contributed by atoms with Gasteiger partial charge in [0.25, 0.3) is 0 Å². The molecule has 0 aliphatic heterocycles. The highest BCUT2D eigenvalue weighted by Crippen LogP contribution is 2.51. The lowest BCUT2D eigenvalue weighted by atomic mass is 9.57. The highest BCUT2D eigenvalue weighted by molar-refractivity contribution is 6.15. The topological polar surface area (TPSA) is 132 Å². The first-order chi connectivity index (χ1) is 13.6. The molecule has 5 atom stereocenters. The van der Waals surface area contributed by atoms with Crippen LogP contribution in [0.5, 0.6) is 5.75 Å². The number of hydrogen-bond donors (Lipinski definition) is 4. The second-order valence-corrected chi connectivity index (χ2v) is 8.41. The van der Waals surface area contributed by atoms with Crippen LogP contribution in [0.25, 0.3) is 0 Å². The quantitative estimate of drug-likeness (QED) is 0.552. The number of hydrogen-bond acceptors (Lipinski definition) is 7. The third-order valence-corrected chi connectivity index (χ3v) is 6.86. The third kappa shape index (κ3) is 2.53. The van der Waals surface area contributed by atoms with E-state index in [9.17, 15) is 34.8 Å². The van der Waals surface area contributed by atoms with Crippen LogP contribution in [0.1, 0.15) is 48.2 Å². The smallest absolute Gasteiger partial charge is 0.196 e. The molecule has 5 unspecified atom stereocenters. The zero-order valence-corrected chi connectivity index (χ0v) is 16.3. The molecule has 154 valence electrons. The molecule has 3 aliphatic carbocycles. The van der Waals surface area contributed by atoms with E-state index in [1.807, 2.05) is 6.92 Å².